The molecule has 1 aromatic heterocycles. The van der Waals surface area contributed by atoms with Gasteiger partial charge in [0.15, 0.2) is 15.8 Å². The number of aliphatic imine (C=N–C) groups is 1. The smallest absolute Gasteiger partial charge is 0.245 e. The molecular weight excluding hydrogens is 1750 g/mol. The first-order valence-corrected chi connectivity index (χ1v) is 48.8. The number of benzene rings is 2. The highest BCUT2D eigenvalue weighted by Gasteiger charge is 2.44. The number of ketones is 2. The van der Waals surface area contributed by atoms with Crippen LogP contribution < -0.4 is 86.7 Å². The van der Waals surface area contributed by atoms with Crippen LogP contribution >= 0.6 is 0 Å². The molecule has 24 N–H and O–H groups in total. The summed E-state index contributed by atoms with van der Waals surface area (Å²) in [5, 5.41) is 61.4. The van der Waals surface area contributed by atoms with Gasteiger partial charge in [0, 0.05) is 113 Å². The van der Waals surface area contributed by atoms with E-state index in [-0.39, 0.29) is 115 Å². The van der Waals surface area contributed by atoms with Gasteiger partial charge in [-0.05, 0) is 81.4 Å². The fourth-order valence-corrected chi connectivity index (χ4v) is 17.4. The number of nitrogens with one attached hydrogen (secondary N) is 14. The number of nitrogens with two attached hydrogens (primary N) is 4. The van der Waals surface area contributed by atoms with Crippen LogP contribution in [0.25, 0.3) is 10.9 Å². The molecule has 134 heavy (non-hydrogen) atoms. The molecule has 2 saturated heterocycles. The average Bonchev–Trinajstić information content (AvgIpc) is 1.68. The number of carbonyl (C=O) groups is 17. The minimum atomic E-state index is -3.87. The first-order chi connectivity index (χ1) is 64.1. The number of allylic oxidation sites excluding steroid dienone is 1. The van der Waals surface area contributed by atoms with Gasteiger partial charge in [-0.3, -0.25) is 91.9 Å². The van der Waals surface area contributed by atoms with Crippen LogP contribution in [0.2, 0.25) is 0 Å². The van der Waals surface area contributed by atoms with Crippen molar-refractivity contribution in [1.82, 2.24) is 73.7 Å². The molecule has 0 spiro atoms. The summed E-state index contributed by atoms with van der Waals surface area (Å²) in [6.45, 7) is 1.57. The van der Waals surface area contributed by atoms with Gasteiger partial charge in [0.1, 0.15) is 83.8 Å². The zero-order valence-electron chi connectivity index (χ0n) is 77.0. The van der Waals surface area contributed by atoms with Gasteiger partial charge in [0.05, 0.1) is 25.0 Å². The summed E-state index contributed by atoms with van der Waals surface area (Å²) in [4.78, 5) is 246. The molecule has 0 saturated carbocycles. The molecular formula is C92H140N20O21S. The van der Waals surface area contributed by atoms with Crippen LogP contribution in [0.5, 0.6) is 0 Å². The Bertz CT molecular complexity index is 4640. The molecule has 2 fully saturated rings. The number of hydrogen-bond acceptors (Lipinski definition) is 23. The zero-order valence-corrected chi connectivity index (χ0v) is 77.8. The summed E-state index contributed by atoms with van der Waals surface area (Å²) >= 11 is 0. The highest BCUT2D eigenvalue weighted by molar-refractivity contribution is 7.92. The molecule has 41 nitrogen and oxygen atoms in total. The molecule has 0 radical (unpaired) electrons. The fourth-order valence-electron chi connectivity index (χ4n) is 16.0. The number of sulfone groups is 1. The summed E-state index contributed by atoms with van der Waals surface area (Å²) in [6, 6.07) is -2.04. The number of carbonyl (C=O) groups excluding carboxylic acids is 17. The van der Waals surface area contributed by atoms with Crippen LogP contribution in [0.1, 0.15) is 250 Å². The summed E-state index contributed by atoms with van der Waals surface area (Å²) in [7, 11) is -3.87. The number of nitrogens with zero attached hydrogens (tertiary/aromatic N) is 2. The van der Waals surface area contributed by atoms with Gasteiger partial charge < -0.3 is 107 Å². The summed E-state index contributed by atoms with van der Waals surface area (Å²) in [6.07, 6.45) is 14.6. The van der Waals surface area contributed by atoms with E-state index in [1.165, 1.54) is 57.6 Å². The van der Waals surface area contributed by atoms with Crippen molar-refractivity contribution < 1.29 is 100 Å². The molecule has 2 aromatic carbocycles. The first-order valence-electron chi connectivity index (χ1n) is 46.9. The van der Waals surface area contributed by atoms with Gasteiger partial charge in [0.2, 0.25) is 88.6 Å². The molecule has 6 rings (SSSR count). The van der Waals surface area contributed by atoms with Gasteiger partial charge in [0.25, 0.3) is 0 Å². The number of primary amides is 3. The number of aliphatic hydroxyl groups excluding tert-OH is 2. The van der Waals surface area contributed by atoms with Gasteiger partial charge in [-0.15, -0.1) is 0 Å². The van der Waals surface area contributed by atoms with Crippen molar-refractivity contribution in [1.29, 1.82) is 5.41 Å². The van der Waals surface area contributed by atoms with Crippen molar-refractivity contribution >= 4 is 133 Å². The number of Topliss-reactive ketones (excluding diaryl/α,β-unsaturated/α-hetero) is 2. The van der Waals surface area contributed by atoms with E-state index in [0.717, 1.165) is 41.5 Å². The maximum absolute atomic E-state index is 15.4. The highest BCUT2D eigenvalue weighted by Crippen LogP contribution is 2.25. The number of aromatic nitrogens is 1. The molecule has 740 valence electrons. The Morgan fingerprint density at radius 1 is 0.567 bits per heavy atom. The van der Waals surface area contributed by atoms with Gasteiger partial charge in [-0.2, -0.15) is 0 Å². The number of aliphatic hydroxyl groups is 2. The van der Waals surface area contributed by atoms with Crippen LogP contribution in [-0.2, 0) is 104 Å². The Hall–Kier alpha value is -12.1. The van der Waals surface area contributed by atoms with Crippen LogP contribution in [-0.4, -0.2) is 251 Å². The molecule has 12 atom stereocenters. The zero-order chi connectivity index (χ0) is 98.1. The Morgan fingerprint density at radius 3 is 1.76 bits per heavy atom. The van der Waals surface area contributed by atoms with E-state index >= 15 is 14.4 Å². The lowest BCUT2D eigenvalue weighted by molar-refractivity contribution is -0.143. The van der Waals surface area contributed by atoms with E-state index < -0.39 is 259 Å². The van der Waals surface area contributed by atoms with Crippen LogP contribution in [0, 0.1) is 5.41 Å². The maximum atomic E-state index is 15.4. The molecule has 0 unspecified atom stereocenters. The van der Waals surface area contributed by atoms with Crippen molar-refractivity contribution in [3.05, 3.63) is 83.7 Å². The maximum Gasteiger partial charge on any atom is 0.245 e. The summed E-state index contributed by atoms with van der Waals surface area (Å²) in [5.74, 6) is -17.1. The van der Waals surface area contributed by atoms with E-state index in [9.17, 15) is 85.8 Å². The molecule has 4 heterocycles. The van der Waals surface area contributed by atoms with Crippen molar-refractivity contribution in [2.75, 3.05) is 37.7 Å². The largest absolute Gasteiger partial charge is 0.394 e. The second-order valence-electron chi connectivity index (χ2n) is 34.7. The topological polar surface area (TPSA) is 668 Å². The SMILES string of the molecule is CCCCCCCCCCCCCCCC(=O)CS(=O)(=O)CCCC(=O)NCC(=O)N[C@@H](CCC(N)=O)C(=O)N[C@@H](CCC(N)=O)C(=O)N[C@@H](CC1=CCC=N1)C(=O)N[C@@H](CO)C(=O)N[C@@H](CCCC)C(=O)N[C@H]1CCC(=O)CCCCC[C@@H](C(N)=O)NC(=O)[C@H](Cc2c[nH]c3ccccc23)NC(=O)[C@H](CCCNC(=N)N)NC(=O)[C@@H](Cc2ccccc2)NC(=O)[C@@H]2C[C@@H](O)CN2C1=O. The first kappa shape index (κ1) is 111. The fraction of sp³-hybridized carbons (Fsp3) is 0.620. The number of fused-ring (bicyclic) bond motifs is 2. The Morgan fingerprint density at radius 2 is 1.13 bits per heavy atom. The lowest BCUT2D eigenvalue weighted by Crippen LogP contribution is -2.61. The molecule has 42 heteroatoms. The van der Waals surface area contributed by atoms with Gasteiger partial charge >= 0.3 is 0 Å². The van der Waals surface area contributed by atoms with Crippen LogP contribution in [0.4, 0.5) is 0 Å². The highest BCUT2D eigenvalue weighted by atomic mass is 32.2. The molecule has 0 aliphatic carbocycles. The van der Waals surface area contributed by atoms with Crippen molar-refractivity contribution in [2.24, 2.45) is 27.9 Å². The molecule has 3 aromatic rings. The van der Waals surface area contributed by atoms with Gasteiger partial charge in [-0.1, -0.05) is 171 Å². The number of aromatic amines is 1. The number of guanidine groups is 1. The number of H-pyrrole nitrogens is 1. The standard InChI is InChI=1S/C92H140N20O21S/c1-3-5-7-8-9-10-11-12-13-14-15-16-21-33-62(115)57-134(132,133)48-28-39-79(119)101-54-80(120)102-69(42-44-77(93)117)84(124)106-70(43-45-78(94)118)85(125)109-74(51-60-31-26-46-98-60)88(128)111-75(56-113)89(129)105-67(35-6-4-2)82(122)107-71-41-40-61(114)32-22-18-23-37-66(81(95)121)103-87(127)73(50-59-53-100-65-36-25-24-34-64(59)65)108-83(123)68(38-27-47-99-92(96)97)104-86(126)72(49-58-29-19-17-20-30-58)110-90(130)76-52-63(116)55-112(76)91(71)131/h17,19-20,24-25,29-31,34,36,46,53,63,66-76,100,113,116H,3-16,18,21-23,26-28,32-33,35,37-45,47-52,54-57H2,1-2H3,(H2,93,117)(H2,94,118)(H2,95,121)(H,101,119)(H,102,120)(H,103,127)(H,104,126)(H,105,129)(H,106,124)(H,107,122)(H,108,123)(H,109,125)(H,110,130)(H,111,128)(H4,96,97,99)/t63-,66+,67+,68+,69+,70+,71+,72-,73+,74+,75+,76+/m1/s1. The monoisotopic (exact) mass is 1890 g/mol. The van der Waals surface area contributed by atoms with E-state index in [0.29, 0.717) is 30.4 Å². The van der Waals surface area contributed by atoms with Crippen molar-refractivity contribution in [2.45, 2.75) is 324 Å². The molecule has 0 bridgehead atoms. The van der Waals surface area contributed by atoms with E-state index in [4.69, 9.17) is 28.3 Å². The molecule has 15 amide bonds. The lowest BCUT2D eigenvalue weighted by Gasteiger charge is -2.31. The third-order valence-corrected chi connectivity index (χ3v) is 25.2. The number of hydrogen-bond donors (Lipinski definition) is 20. The van der Waals surface area contributed by atoms with Gasteiger partial charge in [-0.25, -0.2) is 8.42 Å². The van der Waals surface area contributed by atoms with Crippen molar-refractivity contribution in [3.8, 4) is 0 Å². The number of amides is 15. The van der Waals surface area contributed by atoms with E-state index in [2.05, 4.69) is 80.7 Å². The molecule has 3 aliphatic rings. The number of para-hydroxylation sites is 1. The normalized spacial score (nSPS) is 19.5. The third kappa shape index (κ3) is 41.2. The third-order valence-electron chi connectivity index (χ3n) is 23.5. The Balaban J connectivity index is 1.16. The van der Waals surface area contributed by atoms with E-state index in [1.807, 2.05) is 12.1 Å². The Labute approximate surface area is 781 Å². The number of unbranched alkanes of at least 4 members (excludes halogenated alkanes) is 13. The predicted molar refractivity (Wildman–Crippen MR) is 499 cm³/mol. The van der Waals surface area contributed by atoms with Crippen LogP contribution in [0.3, 0.4) is 0 Å². The predicted octanol–water partition coefficient (Wildman–Crippen LogP) is 0.648. The second kappa shape index (κ2) is 59.5. The van der Waals surface area contributed by atoms with E-state index in [1.54, 1.807) is 61.7 Å². The van der Waals surface area contributed by atoms with Crippen LogP contribution in [0.15, 0.2) is 77.6 Å². The minimum Gasteiger partial charge on any atom is -0.394 e. The summed E-state index contributed by atoms with van der Waals surface area (Å²) < 4.78 is 25.7. The second-order valence-corrected chi connectivity index (χ2v) is 36.9. The summed E-state index contributed by atoms with van der Waals surface area (Å²) in [5.41, 5.74) is 24.5. The number of rotatable bonds is 54. The quantitative estimate of drug-likeness (QED) is 0.0210. The minimum absolute atomic E-state index is 0.0111. The van der Waals surface area contributed by atoms with Crippen molar-refractivity contribution in [3.63, 3.8) is 0 Å². The molecule has 3 aliphatic heterocycles. The average molecular weight is 1890 g/mol. The Kier molecular flexibility index (Phi) is 49.2. The lowest BCUT2D eigenvalue weighted by atomic mass is 10.00.